The van der Waals surface area contributed by atoms with Gasteiger partial charge in [-0.1, -0.05) is 31.7 Å². The van der Waals surface area contributed by atoms with Gasteiger partial charge in [0.2, 0.25) is 5.91 Å². The number of benzene rings is 1. The van der Waals surface area contributed by atoms with E-state index in [1.807, 2.05) is 6.07 Å². The number of aliphatic hydroxyl groups excluding tert-OH is 3. The summed E-state index contributed by atoms with van der Waals surface area (Å²) in [7, 11) is 1.79. The van der Waals surface area contributed by atoms with E-state index < -0.39 is 47.3 Å². The Kier molecular flexibility index (Phi) is 15.6. The van der Waals surface area contributed by atoms with Crippen molar-refractivity contribution in [1.82, 2.24) is 16.0 Å². The highest BCUT2D eigenvalue weighted by atomic mass is 16.6. The molecule has 332 valence electrons. The number of hydrogen-bond acceptors (Lipinski definition) is 12. The maximum Gasteiger partial charge on any atom is 0.332 e. The van der Waals surface area contributed by atoms with E-state index in [1.54, 1.807) is 20.0 Å². The van der Waals surface area contributed by atoms with Crippen LogP contribution in [0.3, 0.4) is 0 Å². The number of phenols is 1. The zero-order valence-electron chi connectivity index (χ0n) is 35.9. The zero-order valence-corrected chi connectivity index (χ0v) is 35.9. The molecule has 8 atom stereocenters. The van der Waals surface area contributed by atoms with Crippen molar-refractivity contribution in [3.63, 3.8) is 0 Å². The van der Waals surface area contributed by atoms with Crippen LogP contribution in [0.2, 0.25) is 0 Å². The van der Waals surface area contributed by atoms with Crippen LogP contribution in [0.15, 0.2) is 12.1 Å². The summed E-state index contributed by atoms with van der Waals surface area (Å²) in [6.45, 7) is 5.40. The van der Waals surface area contributed by atoms with Gasteiger partial charge in [-0.3, -0.25) is 9.59 Å². The molecule has 0 unspecified atom stereocenters. The SMILES string of the molecule is CNC[C@H](O)CC[C@H](CC[C@H](C)O)[C@H](C[C@@H](OC(=O)[C@@]12CCCC[C@@H]1CCC(=O)N2)C1(Cc2ccc(O)c3c2C[C@H](C2(CO)CCCC2)CO3)CCNCC1)OC(C)=O. The number of fused-ring (bicyclic) bond motifs is 2. The number of aliphatic hydroxyl groups is 3. The van der Waals surface area contributed by atoms with Crippen LogP contribution in [0.5, 0.6) is 11.5 Å². The van der Waals surface area contributed by atoms with Crippen molar-refractivity contribution < 1.29 is 49.0 Å². The van der Waals surface area contributed by atoms with Crippen molar-refractivity contribution in [2.24, 2.45) is 28.6 Å². The Balaban J connectivity index is 1.41. The van der Waals surface area contributed by atoms with Gasteiger partial charge in [-0.2, -0.15) is 0 Å². The van der Waals surface area contributed by atoms with Crippen LogP contribution in [-0.2, 0) is 36.7 Å². The topological polar surface area (TPSA) is 196 Å². The predicted octanol–water partition coefficient (Wildman–Crippen LogP) is 4.62. The lowest BCUT2D eigenvalue weighted by atomic mass is 9.65. The molecule has 1 aromatic rings. The Morgan fingerprint density at radius 1 is 0.966 bits per heavy atom. The minimum Gasteiger partial charge on any atom is -0.504 e. The van der Waals surface area contributed by atoms with E-state index in [0.717, 1.165) is 56.1 Å². The van der Waals surface area contributed by atoms with Crippen molar-refractivity contribution in [2.75, 3.05) is 39.9 Å². The van der Waals surface area contributed by atoms with Crippen molar-refractivity contribution >= 4 is 17.8 Å². The molecule has 0 spiro atoms. The number of piperidine rings is 2. The number of hydrogen-bond donors (Lipinski definition) is 7. The van der Waals surface area contributed by atoms with E-state index in [1.165, 1.54) is 6.92 Å². The van der Waals surface area contributed by atoms with Gasteiger partial charge in [-0.15, -0.1) is 0 Å². The van der Waals surface area contributed by atoms with E-state index in [4.69, 9.17) is 14.2 Å². The molecule has 1 amide bonds. The average molecular weight is 828 g/mol. The number of likely N-dealkylation sites (N-methyl/N-ethyl adjacent to an activating group) is 1. The van der Waals surface area contributed by atoms with E-state index in [9.17, 15) is 30.0 Å². The largest absolute Gasteiger partial charge is 0.504 e. The summed E-state index contributed by atoms with van der Waals surface area (Å²) < 4.78 is 19.6. The molecule has 7 N–H and O–H groups in total. The standard InChI is InChI=1S/C46H73N3O10/c1-30(51)9-10-32(11-14-36(53)27-47-3)39(58-31(2)52)25-40(59-43(56)46-19-5-4-8-34(46)13-16-41(55)49-46)44(20-22-48-23-21-44)26-33-12-15-38(54)42-37(33)24-35(28-57-42)45(29-50)17-6-7-18-45/h12,15,30,32,34-36,39-40,47-48,50-51,53-54H,4-11,13-14,16-29H2,1-3H3,(H,49,55)/t30-,32-,34+,35-,36+,39-,40+,46+/m0/s1. The van der Waals surface area contributed by atoms with Crippen molar-refractivity contribution in [1.29, 1.82) is 0 Å². The fraction of sp³-hybridized carbons (Fsp3) is 0.804. The van der Waals surface area contributed by atoms with Gasteiger partial charge in [0.15, 0.2) is 11.5 Å². The van der Waals surface area contributed by atoms with Crippen LogP contribution < -0.4 is 20.7 Å². The molecule has 0 bridgehead atoms. The van der Waals surface area contributed by atoms with Crippen LogP contribution in [0, 0.1) is 28.6 Å². The number of rotatable bonds is 19. The molecule has 2 aliphatic carbocycles. The summed E-state index contributed by atoms with van der Waals surface area (Å²) in [5, 5.41) is 52.7. The lowest BCUT2D eigenvalue weighted by molar-refractivity contribution is -0.179. The summed E-state index contributed by atoms with van der Waals surface area (Å²) in [6, 6.07) is 3.66. The molecule has 0 aromatic heterocycles. The van der Waals surface area contributed by atoms with Crippen LogP contribution in [-0.4, -0.2) is 108 Å². The molecule has 5 aliphatic rings. The van der Waals surface area contributed by atoms with Crippen LogP contribution >= 0.6 is 0 Å². The highest BCUT2D eigenvalue weighted by Crippen LogP contribution is 2.52. The van der Waals surface area contributed by atoms with Gasteiger partial charge in [-0.25, -0.2) is 4.79 Å². The van der Waals surface area contributed by atoms with Gasteiger partial charge in [-0.05, 0) is 139 Å². The van der Waals surface area contributed by atoms with Gasteiger partial charge >= 0.3 is 11.9 Å². The summed E-state index contributed by atoms with van der Waals surface area (Å²) in [5.74, 6) is -0.651. The first-order valence-corrected chi connectivity index (χ1v) is 22.8. The van der Waals surface area contributed by atoms with Gasteiger partial charge in [0.05, 0.1) is 18.8 Å². The summed E-state index contributed by atoms with van der Waals surface area (Å²) >= 11 is 0. The number of nitrogens with one attached hydrogen (secondary N) is 3. The second-order valence-corrected chi connectivity index (χ2v) is 19.0. The number of phenolic OH excluding ortho intramolecular Hbond substituents is 1. The molecule has 4 fully saturated rings. The lowest BCUT2D eigenvalue weighted by Gasteiger charge is -2.49. The predicted molar refractivity (Wildman–Crippen MR) is 223 cm³/mol. The fourth-order valence-corrected chi connectivity index (χ4v) is 11.7. The summed E-state index contributed by atoms with van der Waals surface area (Å²) in [4.78, 5) is 41.1. The van der Waals surface area contributed by atoms with E-state index >= 15 is 4.79 Å². The van der Waals surface area contributed by atoms with Gasteiger partial charge in [0, 0.05) is 49.8 Å². The molecule has 1 aromatic carbocycles. The second-order valence-electron chi connectivity index (χ2n) is 19.0. The maximum absolute atomic E-state index is 15.0. The molecule has 3 heterocycles. The Labute approximate surface area is 351 Å². The summed E-state index contributed by atoms with van der Waals surface area (Å²) in [5.41, 5.74) is -0.0673. The molecular weight excluding hydrogens is 755 g/mol. The molecule has 2 saturated heterocycles. The first-order valence-electron chi connectivity index (χ1n) is 22.8. The first kappa shape index (κ1) is 45.6. The highest BCUT2D eigenvalue weighted by molar-refractivity contribution is 5.90. The van der Waals surface area contributed by atoms with E-state index in [2.05, 4.69) is 16.0 Å². The monoisotopic (exact) mass is 828 g/mol. The summed E-state index contributed by atoms with van der Waals surface area (Å²) in [6.07, 6.45) is 10.2. The normalized spacial score (nSPS) is 27.5. The third-order valence-corrected chi connectivity index (χ3v) is 15.1. The molecule has 13 heteroatoms. The zero-order chi connectivity index (χ0) is 42.2. The van der Waals surface area contributed by atoms with Crippen molar-refractivity contribution in [3.05, 3.63) is 23.3 Å². The number of carbonyl (C=O) groups is 3. The van der Waals surface area contributed by atoms with Crippen molar-refractivity contribution in [3.8, 4) is 11.5 Å². The Bertz CT molecular complexity index is 1580. The minimum atomic E-state index is -1.13. The molecule has 3 aliphatic heterocycles. The molecule has 0 radical (unpaired) electrons. The quantitative estimate of drug-likeness (QED) is 0.0959. The Morgan fingerprint density at radius 3 is 2.39 bits per heavy atom. The van der Waals surface area contributed by atoms with Gasteiger partial charge in [0.25, 0.3) is 0 Å². The third kappa shape index (κ3) is 10.6. The lowest BCUT2D eigenvalue weighted by Crippen LogP contribution is -2.65. The average Bonchev–Trinajstić information content (AvgIpc) is 3.72. The number of esters is 2. The fourth-order valence-electron chi connectivity index (χ4n) is 11.7. The van der Waals surface area contributed by atoms with E-state index in [-0.39, 0.29) is 47.9 Å². The number of aromatic hydroxyl groups is 1. The van der Waals surface area contributed by atoms with E-state index in [0.29, 0.717) is 103 Å². The molecular formula is C46H73N3O10. The van der Waals surface area contributed by atoms with Crippen LogP contribution in [0.25, 0.3) is 0 Å². The highest BCUT2D eigenvalue weighted by Gasteiger charge is 2.54. The van der Waals surface area contributed by atoms with Crippen molar-refractivity contribution in [2.45, 2.75) is 166 Å². The van der Waals surface area contributed by atoms with Crippen LogP contribution in [0.1, 0.15) is 134 Å². The van der Waals surface area contributed by atoms with Gasteiger partial charge in [0.1, 0.15) is 17.7 Å². The first-order chi connectivity index (χ1) is 28.3. The third-order valence-electron chi connectivity index (χ3n) is 15.1. The second kappa shape index (κ2) is 20.3. The smallest absolute Gasteiger partial charge is 0.332 e. The molecule has 2 saturated carbocycles. The number of amides is 1. The maximum atomic E-state index is 15.0. The van der Waals surface area contributed by atoms with Gasteiger partial charge < -0.3 is 50.6 Å². The number of carbonyl (C=O) groups excluding carboxylic acids is 3. The Hall–Kier alpha value is -2.97. The molecule has 59 heavy (non-hydrogen) atoms. The molecule has 6 rings (SSSR count). The number of ether oxygens (including phenoxy) is 3. The molecule has 13 nitrogen and oxygen atoms in total. The van der Waals surface area contributed by atoms with Crippen LogP contribution in [0.4, 0.5) is 0 Å². The minimum absolute atomic E-state index is 0.0320. The Morgan fingerprint density at radius 2 is 1.69 bits per heavy atom.